The number of rotatable bonds is 1. The van der Waals surface area contributed by atoms with Crippen molar-refractivity contribution in [1.29, 1.82) is 0 Å². The molecule has 0 radical (unpaired) electrons. The van der Waals surface area contributed by atoms with Crippen LogP contribution in [0.3, 0.4) is 0 Å². The molecule has 1 aliphatic heterocycles. The van der Waals surface area contributed by atoms with E-state index in [9.17, 15) is 0 Å². The molecular weight excluding hydrogens is 138 g/mol. The highest BCUT2D eigenvalue weighted by molar-refractivity contribution is 8.13. The van der Waals surface area contributed by atoms with Crippen LogP contribution in [0.5, 0.6) is 0 Å². The van der Waals surface area contributed by atoms with Crippen molar-refractivity contribution < 1.29 is 9.94 Å². The Balaban J connectivity index is 2.38. The van der Waals surface area contributed by atoms with Gasteiger partial charge >= 0.3 is 0 Å². The predicted molar refractivity (Wildman–Crippen MR) is 36.8 cm³/mol. The molecule has 1 heterocycles. The van der Waals surface area contributed by atoms with E-state index in [1.807, 2.05) is 6.92 Å². The number of thioether (sulfide) groups is 1. The summed E-state index contributed by atoms with van der Waals surface area (Å²) in [5.74, 6) is 0.913. The fourth-order valence-electron chi connectivity index (χ4n) is 0.628. The van der Waals surface area contributed by atoms with E-state index < -0.39 is 0 Å². The van der Waals surface area contributed by atoms with Crippen LogP contribution in [0, 0.1) is 0 Å². The second kappa shape index (κ2) is 2.96. The molecule has 3 nitrogen and oxygen atoms in total. The molecule has 4 heteroatoms. The van der Waals surface area contributed by atoms with E-state index in [0.717, 1.165) is 12.2 Å². The van der Waals surface area contributed by atoms with Crippen molar-refractivity contribution in [2.75, 3.05) is 5.75 Å². The van der Waals surface area contributed by atoms with Crippen molar-refractivity contribution in [1.82, 2.24) is 0 Å². The first-order valence-corrected chi connectivity index (χ1v) is 3.87. The van der Waals surface area contributed by atoms with Gasteiger partial charge in [-0.25, -0.2) is 0 Å². The lowest BCUT2D eigenvalue weighted by Crippen LogP contribution is -2.06. The number of hydrogen-bond acceptors (Lipinski definition) is 4. The quantitative estimate of drug-likeness (QED) is 0.448. The van der Waals surface area contributed by atoms with Gasteiger partial charge in [-0.2, -0.15) is 0 Å². The van der Waals surface area contributed by atoms with Gasteiger partial charge in [0.2, 0.25) is 0 Å². The zero-order valence-electron chi connectivity index (χ0n) is 5.20. The largest absolute Gasteiger partial charge is 0.467 e. The van der Waals surface area contributed by atoms with Crippen LogP contribution in [0.1, 0.15) is 13.3 Å². The Kier molecular flexibility index (Phi) is 2.22. The van der Waals surface area contributed by atoms with Crippen LogP contribution >= 0.6 is 11.8 Å². The Morgan fingerprint density at radius 2 is 2.78 bits per heavy atom. The highest BCUT2D eigenvalue weighted by atomic mass is 32.2. The van der Waals surface area contributed by atoms with Gasteiger partial charge in [-0.3, -0.25) is 0 Å². The lowest BCUT2D eigenvalue weighted by molar-refractivity contribution is 0.207. The maximum atomic E-state index is 8.22. The normalized spacial score (nSPS) is 30.8. The second-order valence-corrected chi connectivity index (χ2v) is 2.80. The van der Waals surface area contributed by atoms with Crippen molar-refractivity contribution in [2.45, 2.75) is 19.4 Å². The third kappa shape index (κ3) is 1.51. The van der Waals surface area contributed by atoms with E-state index in [4.69, 9.17) is 9.94 Å². The first-order valence-electron chi connectivity index (χ1n) is 2.88. The Morgan fingerprint density at radius 1 is 2.00 bits per heavy atom. The van der Waals surface area contributed by atoms with Gasteiger partial charge in [0.15, 0.2) is 0 Å². The lowest BCUT2D eigenvalue weighted by atomic mass is 10.3. The molecule has 9 heavy (non-hydrogen) atoms. The fourth-order valence-corrected chi connectivity index (χ4v) is 1.52. The highest BCUT2D eigenvalue weighted by Gasteiger charge is 2.20. The molecule has 1 rings (SSSR count). The van der Waals surface area contributed by atoms with E-state index in [0.29, 0.717) is 5.23 Å². The van der Waals surface area contributed by atoms with Crippen molar-refractivity contribution in [3.8, 4) is 0 Å². The first kappa shape index (κ1) is 6.74. The van der Waals surface area contributed by atoms with Gasteiger partial charge in [-0.05, 0) is 11.6 Å². The van der Waals surface area contributed by atoms with E-state index in [-0.39, 0.29) is 6.10 Å². The summed E-state index contributed by atoms with van der Waals surface area (Å²) in [6.45, 7) is 2.05. The van der Waals surface area contributed by atoms with Crippen LogP contribution in [-0.4, -0.2) is 22.3 Å². The third-order valence-corrected chi connectivity index (χ3v) is 2.16. The molecule has 1 saturated heterocycles. The predicted octanol–water partition coefficient (Wildman–Crippen LogP) is 1.27. The third-order valence-electron chi connectivity index (χ3n) is 1.20. The molecule has 0 aromatic carbocycles. The Bertz CT molecular complexity index is 126. The molecule has 0 aromatic heterocycles. The lowest BCUT2D eigenvalue weighted by Gasteiger charge is -2.02. The van der Waals surface area contributed by atoms with Crippen LogP contribution in [0.15, 0.2) is 5.16 Å². The van der Waals surface area contributed by atoms with Crippen LogP contribution in [0.4, 0.5) is 0 Å². The summed E-state index contributed by atoms with van der Waals surface area (Å²) in [6.07, 6.45) is 1.23. The van der Waals surface area contributed by atoms with Crippen molar-refractivity contribution in [2.24, 2.45) is 5.16 Å². The van der Waals surface area contributed by atoms with Crippen LogP contribution in [0.2, 0.25) is 0 Å². The molecule has 52 valence electrons. The van der Waals surface area contributed by atoms with Crippen LogP contribution in [0.25, 0.3) is 0 Å². The summed E-state index contributed by atoms with van der Waals surface area (Å²) in [7, 11) is 0. The number of hydrogen-bond donors (Lipinski definition) is 1. The molecular formula is C5H9NO2S. The van der Waals surface area contributed by atoms with E-state index in [1.165, 1.54) is 11.8 Å². The van der Waals surface area contributed by atoms with Crippen LogP contribution in [-0.2, 0) is 4.74 Å². The smallest absolute Gasteiger partial charge is 0.286 e. The minimum atomic E-state index is 0.251. The average Bonchev–Trinajstić information content (AvgIpc) is 2.34. The topological polar surface area (TPSA) is 41.8 Å². The molecule has 0 saturated carbocycles. The van der Waals surface area contributed by atoms with Crippen molar-refractivity contribution in [3.05, 3.63) is 0 Å². The maximum absolute atomic E-state index is 8.22. The second-order valence-electron chi connectivity index (χ2n) is 1.83. The summed E-state index contributed by atoms with van der Waals surface area (Å²) in [5.41, 5.74) is 0. The summed E-state index contributed by atoms with van der Waals surface area (Å²) in [5, 5.41) is 11.6. The molecule has 0 bridgehead atoms. The fraction of sp³-hybridized carbons (Fsp3) is 0.800. The van der Waals surface area contributed by atoms with Gasteiger partial charge < -0.3 is 9.94 Å². The Labute approximate surface area is 58.1 Å². The van der Waals surface area contributed by atoms with E-state index >= 15 is 0 Å². The maximum Gasteiger partial charge on any atom is 0.286 e. The molecule has 1 N–H and O–H groups in total. The monoisotopic (exact) mass is 147 g/mol. The van der Waals surface area contributed by atoms with Crippen LogP contribution < -0.4 is 0 Å². The molecule has 1 aliphatic rings. The van der Waals surface area contributed by atoms with Gasteiger partial charge in [-0.1, -0.05) is 18.7 Å². The van der Waals surface area contributed by atoms with Crippen molar-refractivity contribution >= 4 is 17.0 Å². The molecule has 0 aliphatic carbocycles. The number of ether oxygens (including phenoxy) is 1. The molecule has 1 unspecified atom stereocenters. The van der Waals surface area contributed by atoms with Gasteiger partial charge in [0.25, 0.3) is 5.23 Å². The zero-order chi connectivity index (χ0) is 6.69. The summed E-state index contributed by atoms with van der Waals surface area (Å²) in [6, 6.07) is 0. The van der Waals surface area contributed by atoms with Gasteiger partial charge in [0, 0.05) is 5.75 Å². The molecule has 1 fully saturated rings. The minimum absolute atomic E-state index is 0.251. The Morgan fingerprint density at radius 3 is 3.11 bits per heavy atom. The first-order chi connectivity index (χ1) is 4.36. The van der Waals surface area contributed by atoms with Crippen molar-refractivity contribution in [3.63, 3.8) is 0 Å². The zero-order valence-corrected chi connectivity index (χ0v) is 6.02. The van der Waals surface area contributed by atoms with E-state index in [2.05, 4.69) is 5.16 Å². The molecule has 0 spiro atoms. The SMILES string of the molecule is CCC1CSC(=NO)O1. The van der Waals surface area contributed by atoms with Gasteiger partial charge in [0.05, 0.1) is 0 Å². The van der Waals surface area contributed by atoms with Gasteiger partial charge in [0.1, 0.15) is 6.10 Å². The summed E-state index contributed by atoms with van der Waals surface area (Å²) >= 11 is 1.45. The molecule has 0 aromatic rings. The summed E-state index contributed by atoms with van der Waals surface area (Å²) < 4.78 is 5.12. The summed E-state index contributed by atoms with van der Waals surface area (Å²) in [4.78, 5) is 0. The van der Waals surface area contributed by atoms with Gasteiger partial charge in [-0.15, -0.1) is 0 Å². The highest BCUT2D eigenvalue weighted by Crippen LogP contribution is 2.21. The number of nitrogens with zero attached hydrogens (tertiary/aromatic N) is 1. The number of oxime groups is 1. The molecule has 1 atom stereocenters. The van der Waals surface area contributed by atoms with E-state index in [1.54, 1.807) is 0 Å². The molecule has 0 amide bonds. The Hall–Kier alpha value is -0.380. The standard InChI is InChI=1S/C5H9NO2S/c1-2-4-3-9-5(6-7)8-4/h4,7H,2-3H2,1H3. The average molecular weight is 147 g/mol. The minimum Gasteiger partial charge on any atom is -0.467 e.